The van der Waals surface area contributed by atoms with Crippen LogP contribution >= 0.6 is 0 Å². The second kappa shape index (κ2) is 5.01. The minimum absolute atomic E-state index is 0.0458. The van der Waals surface area contributed by atoms with Gasteiger partial charge in [-0.15, -0.1) is 5.11 Å². The van der Waals surface area contributed by atoms with Gasteiger partial charge in [-0.25, -0.2) is 0 Å². The van der Waals surface area contributed by atoms with Crippen LogP contribution in [0, 0.1) is 0 Å². The van der Waals surface area contributed by atoms with E-state index in [4.69, 9.17) is 0 Å². The van der Waals surface area contributed by atoms with Crippen molar-refractivity contribution in [2.24, 2.45) is 10.2 Å². The minimum Gasteiger partial charge on any atom is -0.271 e. The highest BCUT2D eigenvalue weighted by atomic mass is 16.2. The Morgan fingerprint density at radius 3 is 2.83 bits per heavy atom. The average Bonchev–Trinajstić information content (AvgIpc) is 2.45. The van der Waals surface area contributed by atoms with Gasteiger partial charge in [-0.3, -0.25) is 4.79 Å². The lowest BCUT2D eigenvalue weighted by atomic mass is 10.1. The van der Waals surface area contributed by atoms with Crippen molar-refractivity contribution in [1.29, 1.82) is 0 Å². The highest BCUT2D eigenvalue weighted by molar-refractivity contribution is 5.78. The summed E-state index contributed by atoms with van der Waals surface area (Å²) in [6.45, 7) is 2.19. The normalized spacial score (nSPS) is 22.1. The molecule has 1 aliphatic rings. The van der Waals surface area contributed by atoms with Crippen LogP contribution < -0.4 is 0 Å². The summed E-state index contributed by atoms with van der Waals surface area (Å²) in [6.07, 6.45) is 6.58. The van der Waals surface area contributed by atoms with Gasteiger partial charge in [0.15, 0.2) is 0 Å². The van der Waals surface area contributed by atoms with Gasteiger partial charge in [0, 0.05) is 0 Å². The first-order valence-electron chi connectivity index (χ1n) is 4.76. The average molecular weight is 168 g/mol. The zero-order valence-electron chi connectivity index (χ0n) is 7.62. The van der Waals surface area contributed by atoms with Gasteiger partial charge in [0.05, 0.1) is 12.5 Å². The number of hydrogen-bond acceptors (Lipinski definition) is 2. The topological polar surface area (TPSA) is 41.8 Å². The molecule has 0 fully saturated rings. The van der Waals surface area contributed by atoms with Crippen LogP contribution in [0.5, 0.6) is 0 Å². The predicted molar refractivity (Wildman–Crippen MR) is 47.0 cm³/mol. The molecule has 1 amide bonds. The molecule has 1 aliphatic heterocycles. The van der Waals surface area contributed by atoms with Crippen molar-refractivity contribution in [3.63, 3.8) is 0 Å². The van der Waals surface area contributed by atoms with Gasteiger partial charge in [0.25, 0.3) is 5.91 Å². The van der Waals surface area contributed by atoms with Crippen molar-refractivity contribution in [2.75, 3.05) is 0 Å². The van der Waals surface area contributed by atoms with E-state index in [2.05, 4.69) is 17.2 Å². The Morgan fingerprint density at radius 1 is 1.42 bits per heavy atom. The molecule has 0 bridgehead atoms. The van der Waals surface area contributed by atoms with Crippen LogP contribution in [0.1, 0.15) is 45.4 Å². The van der Waals surface area contributed by atoms with Crippen molar-refractivity contribution < 1.29 is 4.79 Å². The van der Waals surface area contributed by atoms with E-state index in [0.29, 0.717) is 6.42 Å². The van der Waals surface area contributed by atoms with Gasteiger partial charge in [-0.1, -0.05) is 32.6 Å². The summed E-state index contributed by atoms with van der Waals surface area (Å²) in [4.78, 5) is 10.7. The Labute approximate surface area is 73.3 Å². The summed E-state index contributed by atoms with van der Waals surface area (Å²) in [5.74, 6) is -0.0458. The maximum Gasteiger partial charge on any atom is 0.266 e. The van der Waals surface area contributed by atoms with E-state index in [1.54, 1.807) is 0 Å². The van der Waals surface area contributed by atoms with E-state index in [9.17, 15) is 4.79 Å². The maximum atomic E-state index is 10.7. The second-order valence-electron chi connectivity index (χ2n) is 3.32. The summed E-state index contributed by atoms with van der Waals surface area (Å²) in [6, 6.07) is 0.203. The Kier molecular flexibility index (Phi) is 3.91. The standard InChI is InChI=1S/C9H16N2O/c1-2-3-4-5-6-8-7-9(12)11-10-8/h8H,2-7H2,1H3. The third-order valence-corrected chi connectivity index (χ3v) is 2.13. The highest BCUT2D eigenvalue weighted by Gasteiger charge is 2.18. The monoisotopic (exact) mass is 168 g/mol. The molecule has 0 aromatic heterocycles. The first-order chi connectivity index (χ1) is 5.83. The van der Waals surface area contributed by atoms with Crippen molar-refractivity contribution in [3.05, 3.63) is 0 Å². The first-order valence-corrected chi connectivity index (χ1v) is 4.76. The van der Waals surface area contributed by atoms with Crippen molar-refractivity contribution in [1.82, 2.24) is 0 Å². The third-order valence-electron chi connectivity index (χ3n) is 2.13. The Balaban J connectivity index is 2.01. The van der Waals surface area contributed by atoms with Crippen LogP contribution in [0.25, 0.3) is 0 Å². The Bertz CT molecular complexity index is 177. The molecule has 3 heteroatoms. The molecule has 1 heterocycles. The molecule has 1 unspecified atom stereocenters. The summed E-state index contributed by atoms with van der Waals surface area (Å²) in [5.41, 5.74) is 0. The van der Waals surface area contributed by atoms with Gasteiger partial charge < -0.3 is 0 Å². The maximum absolute atomic E-state index is 10.7. The van der Waals surface area contributed by atoms with Crippen LogP contribution in [-0.4, -0.2) is 11.9 Å². The van der Waals surface area contributed by atoms with Crippen LogP contribution in [0.15, 0.2) is 10.2 Å². The highest BCUT2D eigenvalue weighted by Crippen LogP contribution is 2.16. The van der Waals surface area contributed by atoms with Crippen LogP contribution in [0.3, 0.4) is 0 Å². The number of nitrogens with zero attached hydrogens (tertiary/aromatic N) is 2. The van der Waals surface area contributed by atoms with E-state index in [1.807, 2.05) is 0 Å². The molecule has 3 nitrogen and oxygen atoms in total. The van der Waals surface area contributed by atoms with Crippen LogP contribution in [-0.2, 0) is 4.79 Å². The fourth-order valence-corrected chi connectivity index (χ4v) is 1.40. The third kappa shape index (κ3) is 3.11. The van der Waals surface area contributed by atoms with Crippen LogP contribution in [0.4, 0.5) is 0 Å². The predicted octanol–water partition coefficient (Wildman–Crippen LogP) is 2.71. The zero-order chi connectivity index (χ0) is 8.81. The molecule has 0 aromatic carbocycles. The van der Waals surface area contributed by atoms with Crippen molar-refractivity contribution in [3.8, 4) is 0 Å². The zero-order valence-corrected chi connectivity index (χ0v) is 7.62. The molecule has 0 radical (unpaired) electrons. The SMILES string of the molecule is CCCCCCC1CC(=O)N=N1. The molecule has 1 rings (SSSR count). The molecular formula is C9H16N2O. The van der Waals surface area contributed by atoms with Gasteiger partial charge in [0.1, 0.15) is 0 Å². The van der Waals surface area contributed by atoms with Crippen molar-refractivity contribution in [2.45, 2.75) is 51.5 Å². The van der Waals surface area contributed by atoms with Gasteiger partial charge in [-0.2, -0.15) is 5.11 Å². The molecule has 1 atom stereocenters. The fourth-order valence-electron chi connectivity index (χ4n) is 1.40. The van der Waals surface area contributed by atoms with Crippen LogP contribution in [0.2, 0.25) is 0 Å². The molecule has 0 saturated heterocycles. The molecular weight excluding hydrogens is 152 g/mol. The lowest BCUT2D eigenvalue weighted by Gasteiger charge is -2.02. The summed E-state index contributed by atoms with van der Waals surface area (Å²) in [7, 11) is 0. The second-order valence-corrected chi connectivity index (χ2v) is 3.32. The number of carbonyl (C=O) groups is 1. The van der Waals surface area contributed by atoms with E-state index >= 15 is 0 Å². The molecule has 0 saturated carbocycles. The number of azo groups is 1. The first kappa shape index (κ1) is 9.36. The van der Waals surface area contributed by atoms with E-state index < -0.39 is 0 Å². The van der Waals surface area contributed by atoms with E-state index in [0.717, 1.165) is 6.42 Å². The van der Waals surface area contributed by atoms with Crippen molar-refractivity contribution >= 4 is 5.91 Å². The lowest BCUT2D eigenvalue weighted by molar-refractivity contribution is -0.117. The molecule has 0 spiro atoms. The largest absolute Gasteiger partial charge is 0.271 e. The molecule has 12 heavy (non-hydrogen) atoms. The van der Waals surface area contributed by atoms with Gasteiger partial charge in [-0.05, 0) is 6.42 Å². The number of amides is 1. The Hall–Kier alpha value is -0.730. The lowest BCUT2D eigenvalue weighted by Crippen LogP contribution is -2.02. The molecule has 0 N–H and O–H groups in total. The number of unbranched alkanes of at least 4 members (excludes halogenated alkanes) is 3. The number of hydrogen-bond donors (Lipinski definition) is 0. The quantitative estimate of drug-likeness (QED) is 0.582. The fraction of sp³-hybridized carbons (Fsp3) is 0.889. The minimum atomic E-state index is -0.0458. The molecule has 68 valence electrons. The molecule has 0 aliphatic carbocycles. The van der Waals surface area contributed by atoms with Gasteiger partial charge >= 0.3 is 0 Å². The summed E-state index contributed by atoms with van der Waals surface area (Å²) >= 11 is 0. The molecule has 0 aromatic rings. The Morgan fingerprint density at radius 2 is 2.25 bits per heavy atom. The number of rotatable bonds is 5. The number of carbonyl (C=O) groups excluding carboxylic acids is 1. The van der Waals surface area contributed by atoms with Gasteiger partial charge in [0.2, 0.25) is 0 Å². The summed E-state index contributed by atoms with van der Waals surface area (Å²) < 4.78 is 0. The van der Waals surface area contributed by atoms with E-state index in [1.165, 1.54) is 25.7 Å². The smallest absolute Gasteiger partial charge is 0.266 e. The van der Waals surface area contributed by atoms with E-state index in [-0.39, 0.29) is 11.9 Å². The summed E-state index contributed by atoms with van der Waals surface area (Å²) in [5, 5.41) is 7.39.